The second-order valence-corrected chi connectivity index (χ2v) is 8.53. The van der Waals surface area contributed by atoms with E-state index in [0.717, 1.165) is 25.8 Å². The number of hydrogen-bond donors (Lipinski definition) is 2. The van der Waals surface area contributed by atoms with Crippen molar-refractivity contribution in [1.82, 2.24) is 15.5 Å². The Kier molecular flexibility index (Phi) is 10.5. The molecular weight excluding hydrogens is 471 g/mol. The van der Waals surface area contributed by atoms with Gasteiger partial charge < -0.3 is 20.3 Å². The van der Waals surface area contributed by atoms with E-state index in [0.29, 0.717) is 25.0 Å². The number of esters is 1. The average Bonchev–Trinajstić information content (AvgIpc) is 3.07. The first-order valence-electron chi connectivity index (χ1n) is 10.3. The lowest BCUT2D eigenvalue weighted by molar-refractivity contribution is -0.152. The van der Waals surface area contributed by atoms with E-state index in [1.807, 2.05) is 32.6 Å². The van der Waals surface area contributed by atoms with Gasteiger partial charge >= 0.3 is 5.97 Å². The molecule has 0 aromatic heterocycles. The molecule has 2 rings (SSSR count). The molecule has 0 aromatic rings. The van der Waals surface area contributed by atoms with E-state index >= 15 is 0 Å². The number of nitrogens with zero attached hydrogens (tertiary/aromatic N) is 2. The van der Waals surface area contributed by atoms with Crippen LogP contribution in [-0.2, 0) is 14.3 Å². The maximum absolute atomic E-state index is 12.7. The zero-order valence-electron chi connectivity index (χ0n) is 17.8. The van der Waals surface area contributed by atoms with Gasteiger partial charge in [0.1, 0.15) is 12.1 Å². The predicted octanol–water partition coefficient (Wildman–Crippen LogP) is 2.68. The van der Waals surface area contributed by atoms with E-state index in [4.69, 9.17) is 4.74 Å². The van der Waals surface area contributed by atoms with Crippen molar-refractivity contribution in [2.75, 3.05) is 26.2 Å². The maximum Gasteiger partial charge on any atom is 0.328 e. The molecule has 7 nitrogen and oxygen atoms in total. The van der Waals surface area contributed by atoms with Gasteiger partial charge in [0.25, 0.3) is 0 Å². The number of rotatable bonds is 5. The minimum absolute atomic E-state index is 0. The lowest BCUT2D eigenvalue weighted by Crippen LogP contribution is -2.46. The van der Waals surface area contributed by atoms with Crippen LogP contribution in [0, 0.1) is 5.92 Å². The van der Waals surface area contributed by atoms with Crippen LogP contribution in [0.15, 0.2) is 4.99 Å². The van der Waals surface area contributed by atoms with Crippen LogP contribution in [0.4, 0.5) is 0 Å². The molecule has 0 radical (unpaired) electrons. The van der Waals surface area contributed by atoms with Gasteiger partial charge in [-0.1, -0.05) is 19.3 Å². The van der Waals surface area contributed by atoms with Crippen molar-refractivity contribution in [3.05, 3.63) is 0 Å². The van der Waals surface area contributed by atoms with Crippen LogP contribution in [0.1, 0.15) is 66.2 Å². The summed E-state index contributed by atoms with van der Waals surface area (Å²) in [6.45, 7) is 9.68. The molecule has 1 aliphatic heterocycles. The summed E-state index contributed by atoms with van der Waals surface area (Å²) in [5.74, 6) is 0.779. The number of amides is 1. The second-order valence-electron chi connectivity index (χ2n) is 8.53. The summed E-state index contributed by atoms with van der Waals surface area (Å²) in [6.07, 6.45) is 6.58. The lowest BCUT2D eigenvalue weighted by atomic mass is 9.88. The number of ether oxygens (including phenoxy) is 1. The number of halogens is 1. The average molecular weight is 508 g/mol. The van der Waals surface area contributed by atoms with E-state index in [-0.39, 0.29) is 48.5 Å². The first-order valence-corrected chi connectivity index (χ1v) is 10.3. The topological polar surface area (TPSA) is 83.0 Å². The Morgan fingerprint density at radius 2 is 1.82 bits per heavy atom. The number of likely N-dealkylation sites (tertiary alicyclic amines) is 1. The summed E-state index contributed by atoms with van der Waals surface area (Å²) >= 11 is 0. The fraction of sp³-hybridized carbons (Fsp3) is 0.850. The van der Waals surface area contributed by atoms with Gasteiger partial charge in [0.05, 0.1) is 0 Å². The monoisotopic (exact) mass is 508 g/mol. The third-order valence-corrected chi connectivity index (χ3v) is 4.93. The molecule has 1 saturated heterocycles. The Balaban J connectivity index is 0.00000392. The normalized spacial score (nSPS) is 21.1. The Hall–Kier alpha value is -1.06. The minimum atomic E-state index is -0.510. The van der Waals surface area contributed by atoms with Crippen LogP contribution in [0.25, 0.3) is 0 Å². The van der Waals surface area contributed by atoms with Crippen molar-refractivity contribution in [2.45, 2.75) is 77.9 Å². The van der Waals surface area contributed by atoms with E-state index in [9.17, 15) is 9.59 Å². The lowest BCUT2D eigenvalue weighted by Gasteiger charge is -2.26. The predicted molar refractivity (Wildman–Crippen MR) is 122 cm³/mol. The number of aliphatic imine (C=N–C) groups is 1. The Morgan fingerprint density at radius 1 is 1.14 bits per heavy atom. The molecule has 1 atom stereocenters. The summed E-state index contributed by atoms with van der Waals surface area (Å²) in [4.78, 5) is 30.9. The standard InChI is InChI=1S/C20H36N4O3.HI/c1-5-21-19(22-13-17(25)27-20(2,3)4)23-16-11-12-24(14-16)18(26)15-9-7-6-8-10-15;/h15-16H,5-14H2,1-4H3,(H2,21,22,23);1H. The second kappa shape index (κ2) is 11.8. The molecule has 2 N–H and O–H groups in total. The molecule has 0 aromatic carbocycles. The van der Waals surface area contributed by atoms with Gasteiger partial charge in [0, 0.05) is 31.6 Å². The molecule has 0 bridgehead atoms. The Labute approximate surface area is 186 Å². The molecule has 1 amide bonds. The van der Waals surface area contributed by atoms with E-state index in [1.165, 1.54) is 19.3 Å². The van der Waals surface area contributed by atoms with E-state index in [2.05, 4.69) is 15.6 Å². The van der Waals surface area contributed by atoms with Crippen molar-refractivity contribution in [2.24, 2.45) is 10.9 Å². The van der Waals surface area contributed by atoms with Gasteiger partial charge in [-0.3, -0.25) is 9.59 Å². The highest BCUT2D eigenvalue weighted by Crippen LogP contribution is 2.26. The van der Waals surface area contributed by atoms with Crippen LogP contribution < -0.4 is 10.6 Å². The Morgan fingerprint density at radius 3 is 2.43 bits per heavy atom. The molecule has 1 unspecified atom stereocenters. The third kappa shape index (κ3) is 8.53. The molecule has 0 spiro atoms. The van der Waals surface area contributed by atoms with Gasteiger partial charge in [-0.25, -0.2) is 4.99 Å². The number of hydrogen-bond acceptors (Lipinski definition) is 4. The maximum atomic E-state index is 12.7. The fourth-order valence-corrected chi connectivity index (χ4v) is 3.72. The molecule has 28 heavy (non-hydrogen) atoms. The molecule has 1 aliphatic carbocycles. The van der Waals surface area contributed by atoms with Gasteiger partial charge in [-0.2, -0.15) is 0 Å². The molecule has 8 heteroatoms. The summed E-state index contributed by atoms with van der Waals surface area (Å²) in [5.41, 5.74) is -0.510. The number of nitrogens with one attached hydrogen (secondary N) is 2. The molecule has 1 heterocycles. The highest BCUT2D eigenvalue weighted by molar-refractivity contribution is 14.0. The van der Waals surface area contributed by atoms with Crippen molar-refractivity contribution in [1.29, 1.82) is 0 Å². The molecular formula is C20H37IN4O3. The Bertz CT molecular complexity index is 542. The van der Waals surface area contributed by atoms with Crippen LogP contribution in [0.5, 0.6) is 0 Å². The van der Waals surface area contributed by atoms with Gasteiger partial charge in [0.2, 0.25) is 5.91 Å². The van der Waals surface area contributed by atoms with Gasteiger partial charge in [-0.15, -0.1) is 24.0 Å². The fourth-order valence-electron chi connectivity index (χ4n) is 3.72. The van der Waals surface area contributed by atoms with Gasteiger partial charge in [0.15, 0.2) is 5.96 Å². The van der Waals surface area contributed by atoms with Gasteiger partial charge in [-0.05, 0) is 47.0 Å². The summed E-state index contributed by atoms with van der Waals surface area (Å²) < 4.78 is 5.30. The number of guanidine groups is 1. The largest absolute Gasteiger partial charge is 0.459 e. The SMILES string of the molecule is CCNC(=NCC(=O)OC(C)(C)C)NC1CCN(C(=O)C2CCCCC2)C1.I. The van der Waals surface area contributed by atoms with Crippen molar-refractivity contribution >= 4 is 41.8 Å². The van der Waals surface area contributed by atoms with Crippen molar-refractivity contribution in [3.8, 4) is 0 Å². The first kappa shape index (κ1) is 25.0. The first-order chi connectivity index (χ1) is 12.8. The smallest absolute Gasteiger partial charge is 0.328 e. The summed E-state index contributed by atoms with van der Waals surface area (Å²) in [5, 5.41) is 6.52. The highest BCUT2D eigenvalue weighted by atomic mass is 127. The zero-order chi connectivity index (χ0) is 19.9. The molecule has 2 aliphatic rings. The minimum Gasteiger partial charge on any atom is -0.459 e. The van der Waals surface area contributed by atoms with E-state index < -0.39 is 5.60 Å². The highest BCUT2D eigenvalue weighted by Gasteiger charge is 2.31. The van der Waals surface area contributed by atoms with Crippen LogP contribution in [0.2, 0.25) is 0 Å². The number of carbonyl (C=O) groups excluding carboxylic acids is 2. The van der Waals surface area contributed by atoms with E-state index in [1.54, 1.807) is 0 Å². The molecule has 162 valence electrons. The molecule has 2 fully saturated rings. The number of carbonyl (C=O) groups is 2. The van der Waals surface area contributed by atoms with Crippen LogP contribution in [-0.4, -0.2) is 60.6 Å². The van der Waals surface area contributed by atoms with Crippen LogP contribution in [0.3, 0.4) is 0 Å². The van der Waals surface area contributed by atoms with Crippen molar-refractivity contribution < 1.29 is 14.3 Å². The van der Waals surface area contributed by atoms with Crippen LogP contribution >= 0.6 is 24.0 Å². The summed E-state index contributed by atoms with van der Waals surface area (Å²) in [6, 6.07) is 0.161. The molecule has 1 saturated carbocycles. The summed E-state index contributed by atoms with van der Waals surface area (Å²) in [7, 11) is 0. The zero-order valence-corrected chi connectivity index (χ0v) is 20.1. The van der Waals surface area contributed by atoms with Crippen molar-refractivity contribution in [3.63, 3.8) is 0 Å². The quantitative estimate of drug-likeness (QED) is 0.258. The third-order valence-electron chi connectivity index (χ3n) is 4.93.